The molecule has 1 N–H and O–H groups in total. The summed E-state index contributed by atoms with van der Waals surface area (Å²) >= 11 is 12.0. The van der Waals surface area contributed by atoms with Crippen molar-refractivity contribution >= 4 is 23.2 Å². The summed E-state index contributed by atoms with van der Waals surface area (Å²) in [6.45, 7) is 3.93. The minimum atomic E-state index is -0.892. The van der Waals surface area contributed by atoms with Crippen molar-refractivity contribution in [1.29, 1.82) is 0 Å². The van der Waals surface area contributed by atoms with Gasteiger partial charge in [0.1, 0.15) is 0 Å². The molecule has 0 amide bonds. The van der Waals surface area contributed by atoms with Gasteiger partial charge >= 0.3 is 0 Å². The number of rotatable bonds is 5. The van der Waals surface area contributed by atoms with E-state index >= 15 is 0 Å². The first-order valence-corrected chi connectivity index (χ1v) is 6.41. The minimum absolute atomic E-state index is 0.575. The topological polar surface area (TPSA) is 20.2 Å². The van der Waals surface area contributed by atoms with E-state index in [-0.39, 0.29) is 0 Å². The maximum atomic E-state index is 10.4. The van der Waals surface area contributed by atoms with Crippen LogP contribution in [0.2, 0.25) is 10.0 Å². The second kappa shape index (κ2) is 5.90. The van der Waals surface area contributed by atoms with Gasteiger partial charge in [-0.05, 0) is 31.5 Å². The van der Waals surface area contributed by atoms with Gasteiger partial charge in [0.2, 0.25) is 0 Å². The number of hydrogen-bond acceptors (Lipinski definition) is 1. The summed E-state index contributed by atoms with van der Waals surface area (Å²) in [6.07, 6.45) is 3.96. The Morgan fingerprint density at radius 1 is 1.25 bits per heavy atom. The fourth-order valence-corrected chi connectivity index (χ4v) is 2.26. The Morgan fingerprint density at radius 2 is 1.94 bits per heavy atom. The minimum Gasteiger partial charge on any atom is -0.385 e. The van der Waals surface area contributed by atoms with Crippen LogP contribution in [-0.4, -0.2) is 5.11 Å². The number of aliphatic hydroxyl groups is 1. The van der Waals surface area contributed by atoms with Gasteiger partial charge in [-0.2, -0.15) is 0 Å². The molecule has 0 aromatic heterocycles. The normalized spacial score (nSPS) is 14.8. The molecule has 1 nitrogen and oxygen atoms in total. The molecule has 0 radical (unpaired) electrons. The van der Waals surface area contributed by atoms with Gasteiger partial charge in [0, 0.05) is 15.6 Å². The van der Waals surface area contributed by atoms with Crippen LogP contribution < -0.4 is 0 Å². The highest BCUT2D eigenvalue weighted by Crippen LogP contribution is 2.34. The maximum Gasteiger partial charge on any atom is 0.0883 e. The third kappa shape index (κ3) is 3.65. The maximum absolute atomic E-state index is 10.4. The summed E-state index contributed by atoms with van der Waals surface area (Å²) < 4.78 is 0. The summed E-state index contributed by atoms with van der Waals surface area (Å²) in [5.41, 5.74) is -0.172. The average Bonchev–Trinajstić information content (AvgIpc) is 2.22. The predicted molar refractivity (Wildman–Crippen MR) is 70.2 cm³/mol. The lowest BCUT2D eigenvalue weighted by molar-refractivity contribution is 0.0451. The molecule has 1 unspecified atom stereocenters. The van der Waals surface area contributed by atoms with Crippen molar-refractivity contribution in [3.63, 3.8) is 0 Å². The van der Waals surface area contributed by atoms with Gasteiger partial charge in [-0.15, -0.1) is 0 Å². The highest BCUT2D eigenvalue weighted by molar-refractivity contribution is 6.33. The smallest absolute Gasteiger partial charge is 0.0883 e. The van der Waals surface area contributed by atoms with Crippen LogP contribution in [0.25, 0.3) is 0 Å². The summed E-state index contributed by atoms with van der Waals surface area (Å²) in [4.78, 5) is 0. The van der Waals surface area contributed by atoms with Crippen molar-refractivity contribution in [2.45, 2.75) is 45.1 Å². The van der Waals surface area contributed by atoms with Crippen molar-refractivity contribution in [2.75, 3.05) is 0 Å². The van der Waals surface area contributed by atoms with E-state index in [9.17, 15) is 5.11 Å². The van der Waals surface area contributed by atoms with E-state index in [4.69, 9.17) is 23.2 Å². The Labute approximate surface area is 107 Å². The molecule has 0 saturated heterocycles. The van der Waals surface area contributed by atoms with E-state index < -0.39 is 5.60 Å². The van der Waals surface area contributed by atoms with E-state index in [0.29, 0.717) is 16.5 Å². The van der Waals surface area contributed by atoms with Crippen molar-refractivity contribution in [3.05, 3.63) is 33.8 Å². The Kier molecular flexibility index (Phi) is 5.10. The van der Waals surface area contributed by atoms with E-state index in [1.54, 1.807) is 25.1 Å². The van der Waals surface area contributed by atoms with Crippen LogP contribution in [0.15, 0.2) is 18.2 Å². The van der Waals surface area contributed by atoms with Crippen LogP contribution >= 0.6 is 23.2 Å². The van der Waals surface area contributed by atoms with Crippen LogP contribution in [0.3, 0.4) is 0 Å². The Balaban J connectivity index is 2.83. The predicted octanol–water partition coefficient (Wildman–Crippen LogP) is 4.78. The van der Waals surface area contributed by atoms with E-state index in [1.807, 2.05) is 0 Å². The third-order valence-electron chi connectivity index (χ3n) is 2.78. The SMILES string of the molecule is CCCCCC(C)(O)c1cc(Cl)ccc1Cl. The molecule has 0 bridgehead atoms. The van der Waals surface area contributed by atoms with Gasteiger partial charge in [0.25, 0.3) is 0 Å². The molecule has 1 aromatic carbocycles. The second-order valence-corrected chi connectivity index (χ2v) is 5.20. The number of hydrogen-bond donors (Lipinski definition) is 1. The molecule has 0 spiro atoms. The first-order chi connectivity index (χ1) is 7.47. The fraction of sp³-hybridized carbons (Fsp3) is 0.538. The van der Waals surface area contributed by atoms with Gasteiger partial charge < -0.3 is 5.11 Å². The Hall–Kier alpha value is -0.240. The number of benzene rings is 1. The zero-order valence-corrected chi connectivity index (χ0v) is 11.3. The molecule has 1 rings (SSSR count). The standard InChI is InChI=1S/C13H18Cl2O/c1-3-4-5-8-13(2,16)11-9-10(14)6-7-12(11)15/h6-7,9,16H,3-5,8H2,1-2H3. The molecular formula is C13H18Cl2O. The zero-order valence-electron chi connectivity index (χ0n) is 9.76. The molecule has 0 aliphatic rings. The lowest BCUT2D eigenvalue weighted by atomic mass is 9.90. The lowest BCUT2D eigenvalue weighted by Gasteiger charge is -2.25. The van der Waals surface area contributed by atoms with Crippen molar-refractivity contribution in [1.82, 2.24) is 0 Å². The van der Waals surface area contributed by atoms with Crippen LogP contribution in [0.5, 0.6) is 0 Å². The quantitative estimate of drug-likeness (QED) is 0.756. The van der Waals surface area contributed by atoms with Crippen molar-refractivity contribution in [3.8, 4) is 0 Å². The largest absolute Gasteiger partial charge is 0.385 e. The van der Waals surface area contributed by atoms with E-state index in [0.717, 1.165) is 24.8 Å². The van der Waals surface area contributed by atoms with E-state index in [1.165, 1.54) is 0 Å². The van der Waals surface area contributed by atoms with E-state index in [2.05, 4.69) is 6.92 Å². The van der Waals surface area contributed by atoms with Crippen LogP contribution in [0, 0.1) is 0 Å². The highest BCUT2D eigenvalue weighted by Gasteiger charge is 2.25. The fourth-order valence-electron chi connectivity index (χ4n) is 1.76. The molecule has 0 aliphatic carbocycles. The Morgan fingerprint density at radius 3 is 2.56 bits per heavy atom. The number of unbranched alkanes of at least 4 members (excludes halogenated alkanes) is 2. The van der Waals surface area contributed by atoms with Gasteiger partial charge in [0.15, 0.2) is 0 Å². The summed E-state index contributed by atoms with van der Waals surface area (Å²) in [7, 11) is 0. The van der Waals surface area contributed by atoms with Crippen LogP contribution in [0.4, 0.5) is 0 Å². The monoisotopic (exact) mass is 260 g/mol. The van der Waals surface area contributed by atoms with Gasteiger partial charge in [-0.1, -0.05) is 49.4 Å². The van der Waals surface area contributed by atoms with Gasteiger partial charge in [-0.25, -0.2) is 0 Å². The average molecular weight is 261 g/mol. The summed E-state index contributed by atoms with van der Waals surface area (Å²) in [6, 6.07) is 5.21. The molecule has 0 heterocycles. The molecule has 0 aliphatic heterocycles. The molecule has 1 aromatic rings. The third-order valence-corrected chi connectivity index (χ3v) is 3.34. The van der Waals surface area contributed by atoms with Crippen molar-refractivity contribution in [2.24, 2.45) is 0 Å². The van der Waals surface area contributed by atoms with Gasteiger partial charge in [0.05, 0.1) is 5.60 Å². The molecule has 0 fully saturated rings. The Bertz CT molecular complexity index is 348. The molecular weight excluding hydrogens is 243 g/mol. The lowest BCUT2D eigenvalue weighted by Crippen LogP contribution is -2.21. The molecule has 1 atom stereocenters. The number of halogens is 2. The second-order valence-electron chi connectivity index (χ2n) is 4.36. The summed E-state index contributed by atoms with van der Waals surface area (Å²) in [5, 5.41) is 11.6. The molecule has 3 heteroatoms. The molecule has 16 heavy (non-hydrogen) atoms. The van der Waals surface area contributed by atoms with Crippen LogP contribution in [0.1, 0.15) is 45.1 Å². The van der Waals surface area contributed by atoms with Crippen molar-refractivity contribution < 1.29 is 5.11 Å². The first-order valence-electron chi connectivity index (χ1n) is 5.65. The first kappa shape index (κ1) is 13.8. The highest BCUT2D eigenvalue weighted by atomic mass is 35.5. The zero-order chi connectivity index (χ0) is 12.2. The molecule has 90 valence electrons. The van der Waals surface area contributed by atoms with Crippen LogP contribution in [-0.2, 0) is 5.60 Å². The summed E-state index contributed by atoms with van der Waals surface area (Å²) in [5.74, 6) is 0. The van der Waals surface area contributed by atoms with Gasteiger partial charge in [-0.3, -0.25) is 0 Å². The molecule has 0 saturated carbocycles.